The van der Waals surface area contributed by atoms with Crippen molar-refractivity contribution < 1.29 is 33.0 Å². The first kappa shape index (κ1) is 21.4. The molecule has 140 valence electrons. The normalized spacial score (nSPS) is 15.1. The molecular weight excluding hydrogens is 383 g/mol. The lowest BCUT2D eigenvalue weighted by Gasteiger charge is -2.22. The number of rotatable bonds is 4. The summed E-state index contributed by atoms with van der Waals surface area (Å²) < 4.78 is 44.7. The maximum atomic E-state index is 12.1. The number of halogens is 3. The largest absolute Gasteiger partial charge is 0.473 e. The van der Waals surface area contributed by atoms with Crippen LogP contribution in [0.4, 0.5) is 13.2 Å². The Bertz CT molecular complexity index is 622. The van der Waals surface area contributed by atoms with Crippen LogP contribution in [0.15, 0.2) is 11.1 Å². The molecular formula is C13H16F3N3O4S2. The molecule has 2 rings (SSSR count). The van der Waals surface area contributed by atoms with Gasteiger partial charge in [0.25, 0.3) is 0 Å². The number of thioether (sulfide) groups is 1. The monoisotopic (exact) mass is 399 g/mol. The maximum Gasteiger partial charge on any atom is 0.414 e. The summed E-state index contributed by atoms with van der Waals surface area (Å²) in [4.78, 5) is 20.4. The number of carboxylic acid groups (broad SMARTS) is 2. The van der Waals surface area contributed by atoms with Crippen molar-refractivity contribution in [2.24, 2.45) is 0 Å². The molecule has 0 spiro atoms. The van der Waals surface area contributed by atoms with Gasteiger partial charge in [0, 0.05) is 18.8 Å². The van der Waals surface area contributed by atoms with E-state index in [1.54, 1.807) is 0 Å². The Morgan fingerprint density at radius 1 is 1.32 bits per heavy atom. The second-order valence-corrected chi connectivity index (χ2v) is 6.61. The van der Waals surface area contributed by atoms with Gasteiger partial charge in [0.1, 0.15) is 10.7 Å². The summed E-state index contributed by atoms with van der Waals surface area (Å²) >= 11 is 2.19. The molecule has 0 saturated heterocycles. The molecule has 1 aliphatic heterocycles. The smallest absolute Gasteiger partial charge is 0.414 e. The minimum atomic E-state index is -4.11. The fraction of sp³-hybridized carbons (Fsp3) is 0.538. The van der Waals surface area contributed by atoms with Crippen LogP contribution in [0.25, 0.3) is 5.57 Å². The van der Waals surface area contributed by atoms with Gasteiger partial charge >= 0.3 is 18.1 Å². The van der Waals surface area contributed by atoms with Crippen molar-refractivity contribution in [1.29, 1.82) is 0 Å². The SMILES string of the molecule is CN1CCC=C(c2nsnc2SCCC(F)(F)F)C1.O=C(O)C(=O)O. The Balaban J connectivity index is 0.000000450. The molecule has 0 aromatic carbocycles. The fourth-order valence-corrected chi connectivity index (χ4v) is 3.50. The summed E-state index contributed by atoms with van der Waals surface area (Å²) in [7, 11) is 2.02. The second kappa shape index (κ2) is 9.73. The van der Waals surface area contributed by atoms with Crippen molar-refractivity contribution in [3.63, 3.8) is 0 Å². The van der Waals surface area contributed by atoms with E-state index < -0.39 is 24.5 Å². The number of aromatic nitrogens is 2. The van der Waals surface area contributed by atoms with Crippen LogP contribution in [0.1, 0.15) is 18.5 Å². The zero-order chi connectivity index (χ0) is 19.0. The lowest BCUT2D eigenvalue weighted by atomic mass is 10.1. The van der Waals surface area contributed by atoms with Crippen molar-refractivity contribution in [1.82, 2.24) is 13.6 Å². The molecule has 7 nitrogen and oxygen atoms in total. The predicted octanol–water partition coefficient (Wildman–Crippen LogP) is 2.46. The molecule has 0 fully saturated rings. The number of hydrogen-bond donors (Lipinski definition) is 2. The molecule has 0 saturated carbocycles. The van der Waals surface area contributed by atoms with E-state index in [0.29, 0.717) is 5.03 Å². The molecule has 0 atom stereocenters. The summed E-state index contributed by atoms with van der Waals surface area (Å²) in [6.07, 6.45) is -1.87. The predicted molar refractivity (Wildman–Crippen MR) is 86.7 cm³/mol. The third kappa shape index (κ3) is 8.31. The Morgan fingerprint density at radius 2 is 1.96 bits per heavy atom. The molecule has 2 heterocycles. The molecule has 0 bridgehead atoms. The molecule has 25 heavy (non-hydrogen) atoms. The quantitative estimate of drug-likeness (QED) is 0.588. The van der Waals surface area contributed by atoms with Gasteiger partial charge in [-0.3, -0.25) is 0 Å². The van der Waals surface area contributed by atoms with E-state index in [1.165, 1.54) is 0 Å². The minimum Gasteiger partial charge on any atom is -0.473 e. The molecule has 0 radical (unpaired) electrons. The van der Waals surface area contributed by atoms with Gasteiger partial charge in [0.2, 0.25) is 0 Å². The van der Waals surface area contributed by atoms with Crippen LogP contribution < -0.4 is 0 Å². The van der Waals surface area contributed by atoms with Crippen molar-refractivity contribution in [3.8, 4) is 0 Å². The maximum absolute atomic E-state index is 12.1. The molecule has 2 N–H and O–H groups in total. The standard InChI is InChI=1S/C11H14F3N3S2.C2H2O4/c1-17-5-2-3-8(7-17)9-10(16-19-15-9)18-6-4-11(12,13)14;3-1(4)2(5)6/h3H,2,4-7H2,1H3;(H,3,4)(H,5,6). The van der Waals surface area contributed by atoms with Crippen molar-refractivity contribution in [3.05, 3.63) is 11.8 Å². The van der Waals surface area contributed by atoms with Crippen LogP contribution >= 0.6 is 23.5 Å². The number of nitrogens with zero attached hydrogens (tertiary/aromatic N) is 3. The fourth-order valence-electron chi connectivity index (χ4n) is 1.80. The minimum absolute atomic E-state index is 0.00890. The first-order valence-corrected chi connectivity index (χ1v) is 8.68. The van der Waals surface area contributed by atoms with Crippen LogP contribution in [0.5, 0.6) is 0 Å². The Labute approximate surface area is 149 Å². The van der Waals surface area contributed by atoms with Crippen LogP contribution in [-0.4, -0.2) is 67.9 Å². The van der Waals surface area contributed by atoms with Gasteiger partial charge in [-0.25, -0.2) is 9.59 Å². The highest BCUT2D eigenvalue weighted by molar-refractivity contribution is 7.99. The van der Waals surface area contributed by atoms with Gasteiger partial charge in [-0.15, -0.1) is 11.8 Å². The molecule has 1 aliphatic rings. The van der Waals surface area contributed by atoms with Crippen molar-refractivity contribution >= 4 is 41.0 Å². The highest BCUT2D eigenvalue weighted by atomic mass is 32.2. The first-order chi connectivity index (χ1) is 11.6. The molecule has 1 aromatic rings. The van der Waals surface area contributed by atoms with Crippen LogP contribution in [0.2, 0.25) is 0 Å². The lowest BCUT2D eigenvalue weighted by molar-refractivity contribution is -0.159. The highest BCUT2D eigenvalue weighted by Crippen LogP contribution is 2.31. The molecule has 1 aromatic heterocycles. The van der Waals surface area contributed by atoms with Gasteiger partial charge < -0.3 is 15.1 Å². The Morgan fingerprint density at radius 3 is 2.48 bits per heavy atom. The Hall–Kier alpha value is -1.66. The molecule has 0 amide bonds. The van der Waals surface area contributed by atoms with Crippen LogP contribution in [0.3, 0.4) is 0 Å². The van der Waals surface area contributed by atoms with E-state index >= 15 is 0 Å². The van der Waals surface area contributed by atoms with E-state index in [1.807, 2.05) is 7.05 Å². The number of alkyl halides is 3. The van der Waals surface area contributed by atoms with E-state index in [2.05, 4.69) is 19.7 Å². The van der Waals surface area contributed by atoms with E-state index in [0.717, 1.165) is 54.3 Å². The van der Waals surface area contributed by atoms with Crippen LogP contribution in [0, 0.1) is 0 Å². The third-order valence-electron chi connectivity index (χ3n) is 2.91. The summed E-state index contributed by atoms with van der Waals surface area (Å²) in [6.45, 7) is 1.77. The van der Waals surface area contributed by atoms with Gasteiger partial charge in [0.15, 0.2) is 0 Å². The van der Waals surface area contributed by atoms with E-state index in [4.69, 9.17) is 19.8 Å². The topological polar surface area (TPSA) is 104 Å². The van der Waals surface area contributed by atoms with Gasteiger partial charge in [0.05, 0.1) is 18.1 Å². The summed E-state index contributed by atoms with van der Waals surface area (Å²) in [5, 5.41) is 15.4. The molecule has 12 heteroatoms. The summed E-state index contributed by atoms with van der Waals surface area (Å²) in [5.74, 6) is -3.66. The van der Waals surface area contributed by atoms with Gasteiger partial charge in [-0.05, 0) is 19.0 Å². The molecule has 0 aliphatic carbocycles. The average molecular weight is 399 g/mol. The van der Waals surface area contributed by atoms with Crippen LogP contribution in [-0.2, 0) is 9.59 Å². The summed E-state index contributed by atoms with van der Waals surface area (Å²) in [5.41, 5.74) is 1.82. The first-order valence-electron chi connectivity index (χ1n) is 6.96. The zero-order valence-electron chi connectivity index (χ0n) is 13.1. The number of carbonyl (C=O) groups is 2. The number of carboxylic acids is 2. The third-order valence-corrected chi connectivity index (χ3v) is 4.52. The van der Waals surface area contributed by atoms with Crippen molar-refractivity contribution in [2.75, 3.05) is 25.9 Å². The number of aliphatic carboxylic acids is 2. The second-order valence-electron chi connectivity index (χ2n) is 5.00. The summed E-state index contributed by atoms with van der Waals surface area (Å²) in [6, 6.07) is 0. The highest BCUT2D eigenvalue weighted by Gasteiger charge is 2.27. The van der Waals surface area contributed by atoms with E-state index in [9.17, 15) is 13.2 Å². The average Bonchev–Trinajstić information content (AvgIpc) is 2.95. The molecule has 0 unspecified atom stereocenters. The van der Waals surface area contributed by atoms with Gasteiger partial charge in [-0.2, -0.15) is 21.9 Å². The zero-order valence-corrected chi connectivity index (χ0v) is 14.7. The van der Waals surface area contributed by atoms with Crippen molar-refractivity contribution in [2.45, 2.75) is 24.0 Å². The Kier molecular flexibility index (Phi) is 8.32. The van der Waals surface area contributed by atoms with E-state index in [-0.39, 0.29) is 5.75 Å². The lowest BCUT2D eigenvalue weighted by Crippen LogP contribution is -2.25. The van der Waals surface area contributed by atoms with Gasteiger partial charge in [-0.1, -0.05) is 6.08 Å². The number of hydrogen-bond acceptors (Lipinski definition) is 7. The number of likely N-dealkylation sites (N-methyl/N-ethyl adjacent to an activating group) is 1.